The lowest BCUT2D eigenvalue weighted by Crippen LogP contribution is -2.43. The van der Waals surface area contributed by atoms with Gasteiger partial charge >= 0.3 is 18.0 Å². The first-order chi connectivity index (χ1) is 17.3. The topological polar surface area (TPSA) is 118 Å². The number of amides is 1. The van der Waals surface area contributed by atoms with Crippen LogP contribution in [-0.4, -0.2) is 47.9 Å². The summed E-state index contributed by atoms with van der Waals surface area (Å²) in [7, 11) is 1.34. The summed E-state index contributed by atoms with van der Waals surface area (Å²) < 4.78 is 10.2. The van der Waals surface area contributed by atoms with Crippen molar-refractivity contribution < 1.29 is 29.0 Å². The van der Waals surface area contributed by atoms with E-state index >= 15 is 0 Å². The van der Waals surface area contributed by atoms with Crippen molar-refractivity contribution in [1.29, 1.82) is 0 Å². The predicted octanol–water partition coefficient (Wildman–Crippen LogP) is 4.27. The molecule has 0 saturated carbocycles. The Balaban J connectivity index is 1.41. The molecule has 1 heterocycles. The van der Waals surface area contributed by atoms with Crippen molar-refractivity contribution in [2.45, 2.75) is 45.1 Å². The van der Waals surface area contributed by atoms with Gasteiger partial charge in [-0.1, -0.05) is 48.5 Å². The van der Waals surface area contributed by atoms with Gasteiger partial charge in [0, 0.05) is 30.1 Å². The third-order valence-corrected chi connectivity index (χ3v) is 6.85. The monoisotopic (exact) mass is 490 g/mol. The van der Waals surface area contributed by atoms with Crippen molar-refractivity contribution in [3.8, 4) is 11.1 Å². The number of fused-ring (bicyclic) bond motifs is 3. The molecule has 4 rings (SSSR count). The highest BCUT2D eigenvalue weighted by Crippen LogP contribution is 2.44. The number of aliphatic carboxylic acids is 1. The third-order valence-electron chi connectivity index (χ3n) is 6.85. The molecule has 0 saturated heterocycles. The highest BCUT2D eigenvalue weighted by molar-refractivity contribution is 5.81. The molecule has 2 aromatic carbocycles. The van der Waals surface area contributed by atoms with Crippen molar-refractivity contribution in [3.05, 3.63) is 82.2 Å². The summed E-state index contributed by atoms with van der Waals surface area (Å²) in [5.74, 6) is -1.58. The molecule has 8 nitrogen and oxygen atoms in total. The average Bonchev–Trinajstić information content (AvgIpc) is 3.33. The average molecular weight is 491 g/mol. The number of carbonyl (C=O) groups excluding carboxylic acids is 2. The second-order valence-corrected chi connectivity index (χ2v) is 8.97. The number of alkyl carbamates (subject to hydrolysis) is 1. The Morgan fingerprint density at radius 3 is 2.22 bits per heavy atom. The van der Waals surface area contributed by atoms with Gasteiger partial charge in [0.2, 0.25) is 0 Å². The summed E-state index contributed by atoms with van der Waals surface area (Å²) >= 11 is 0. The number of nitrogens with one attached hydrogen (secondary N) is 2. The minimum absolute atomic E-state index is 0.0599. The summed E-state index contributed by atoms with van der Waals surface area (Å²) in [6.07, 6.45) is -0.00495. The number of carbonyl (C=O) groups is 3. The molecular weight excluding hydrogens is 460 g/mol. The van der Waals surface area contributed by atoms with E-state index in [4.69, 9.17) is 9.47 Å². The summed E-state index contributed by atoms with van der Waals surface area (Å²) in [5, 5.41) is 12.3. The number of carboxylic acid groups (broad SMARTS) is 1. The molecule has 36 heavy (non-hydrogen) atoms. The zero-order chi connectivity index (χ0) is 25.8. The number of carboxylic acids is 1. The molecule has 1 aliphatic rings. The Morgan fingerprint density at radius 2 is 1.64 bits per heavy atom. The molecule has 1 amide bonds. The van der Waals surface area contributed by atoms with Crippen LogP contribution in [0.15, 0.2) is 48.5 Å². The number of ether oxygens (including phenoxy) is 2. The number of aromatic amines is 1. The number of esters is 1. The van der Waals surface area contributed by atoms with Gasteiger partial charge in [0.1, 0.15) is 12.6 Å². The summed E-state index contributed by atoms with van der Waals surface area (Å²) in [6, 6.07) is 14.8. The van der Waals surface area contributed by atoms with E-state index in [9.17, 15) is 19.5 Å². The van der Waals surface area contributed by atoms with Crippen molar-refractivity contribution in [1.82, 2.24) is 10.3 Å². The van der Waals surface area contributed by atoms with Gasteiger partial charge < -0.3 is 24.9 Å². The molecule has 0 spiro atoms. The fourth-order valence-electron chi connectivity index (χ4n) is 4.95. The smallest absolute Gasteiger partial charge is 0.407 e. The maximum absolute atomic E-state index is 12.6. The van der Waals surface area contributed by atoms with Crippen LogP contribution in [0, 0.1) is 13.8 Å². The summed E-state index contributed by atoms with van der Waals surface area (Å²) in [4.78, 5) is 39.3. The molecule has 0 fully saturated rings. The summed E-state index contributed by atoms with van der Waals surface area (Å²) in [5.41, 5.74) is 7.77. The van der Waals surface area contributed by atoms with E-state index in [1.807, 2.05) is 50.2 Å². The van der Waals surface area contributed by atoms with Crippen LogP contribution in [0.25, 0.3) is 11.1 Å². The molecule has 3 aromatic rings. The van der Waals surface area contributed by atoms with Crippen LogP contribution < -0.4 is 5.32 Å². The van der Waals surface area contributed by atoms with Crippen molar-refractivity contribution in [3.63, 3.8) is 0 Å². The Bertz CT molecular complexity index is 1250. The molecule has 3 N–H and O–H groups in total. The van der Waals surface area contributed by atoms with Gasteiger partial charge in [-0.3, -0.25) is 4.79 Å². The minimum Gasteiger partial charge on any atom is -0.480 e. The van der Waals surface area contributed by atoms with E-state index in [2.05, 4.69) is 22.4 Å². The van der Waals surface area contributed by atoms with Crippen LogP contribution in [0.1, 0.15) is 46.0 Å². The molecule has 0 radical (unpaired) electrons. The number of aryl methyl sites for hydroxylation is 1. The first-order valence-electron chi connectivity index (χ1n) is 11.9. The maximum atomic E-state index is 12.6. The Hall–Kier alpha value is -4.07. The second kappa shape index (κ2) is 10.7. The number of rotatable bonds is 9. The SMILES string of the molecule is COC(=O)CCc1c(C)[nH]c(CC(NC(=O)OCC2c3ccccc3-c3ccccc32)C(=O)O)c1C. The van der Waals surface area contributed by atoms with Crippen LogP contribution in [0.3, 0.4) is 0 Å². The van der Waals surface area contributed by atoms with Gasteiger partial charge in [0.15, 0.2) is 0 Å². The fourth-order valence-corrected chi connectivity index (χ4v) is 4.95. The van der Waals surface area contributed by atoms with Crippen LogP contribution in [0.5, 0.6) is 0 Å². The largest absolute Gasteiger partial charge is 0.480 e. The molecule has 1 aliphatic carbocycles. The molecule has 1 aromatic heterocycles. The third kappa shape index (κ3) is 5.12. The Morgan fingerprint density at radius 1 is 1.03 bits per heavy atom. The van der Waals surface area contributed by atoms with Crippen molar-refractivity contribution in [2.24, 2.45) is 0 Å². The number of hydrogen-bond acceptors (Lipinski definition) is 5. The van der Waals surface area contributed by atoms with Crippen molar-refractivity contribution in [2.75, 3.05) is 13.7 Å². The number of methoxy groups -OCH3 is 1. The Kier molecular flexibility index (Phi) is 7.43. The highest BCUT2D eigenvalue weighted by Gasteiger charge is 2.30. The van der Waals surface area contributed by atoms with E-state index in [0.29, 0.717) is 12.1 Å². The van der Waals surface area contributed by atoms with E-state index in [1.54, 1.807) is 0 Å². The van der Waals surface area contributed by atoms with Crippen LogP contribution in [0.4, 0.5) is 4.79 Å². The van der Waals surface area contributed by atoms with Gasteiger partial charge in [-0.25, -0.2) is 9.59 Å². The van der Waals surface area contributed by atoms with Gasteiger partial charge in [-0.05, 0) is 53.6 Å². The number of hydrogen-bond donors (Lipinski definition) is 3. The van der Waals surface area contributed by atoms with Gasteiger partial charge in [-0.2, -0.15) is 0 Å². The Labute approximate surface area is 209 Å². The zero-order valence-corrected chi connectivity index (χ0v) is 20.6. The van der Waals surface area contributed by atoms with Crippen LogP contribution in [-0.2, 0) is 31.9 Å². The first kappa shape index (κ1) is 25.0. The normalized spacial score (nSPS) is 13.0. The van der Waals surface area contributed by atoms with Gasteiger partial charge in [-0.15, -0.1) is 0 Å². The molecular formula is C28H30N2O6. The lowest BCUT2D eigenvalue weighted by molar-refractivity contribution is -0.141. The lowest BCUT2D eigenvalue weighted by Gasteiger charge is -2.17. The predicted molar refractivity (Wildman–Crippen MR) is 134 cm³/mol. The maximum Gasteiger partial charge on any atom is 0.407 e. The van der Waals surface area contributed by atoms with E-state index < -0.39 is 18.1 Å². The summed E-state index contributed by atoms with van der Waals surface area (Å²) in [6.45, 7) is 3.85. The lowest BCUT2D eigenvalue weighted by atomic mass is 9.98. The number of benzene rings is 2. The van der Waals surface area contributed by atoms with Crippen LogP contribution >= 0.6 is 0 Å². The van der Waals surface area contributed by atoms with E-state index in [-0.39, 0.29) is 31.3 Å². The molecule has 1 atom stereocenters. The quantitative estimate of drug-likeness (QED) is 0.386. The van der Waals surface area contributed by atoms with E-state index in [0.717, 1.165) is 39.1 Å². The minimum atomic E-state index is -1.18. The molecule has 188 valence electrons. The molecule has 1 unspecified atom stereocenters. The second-order valence-electron chi connectivity index (χ2n) is 8.97. The molecule has 8 heteroatoms. The number of aromatic nitrogens is 1. The van der Waals surface area contributed by atoms with Crippen molar-refractivity contribution >= 4 is 18.0 Å². The fraction of sp³-hybridized carbons (Fsp3) is 0.321. The molecule has 0 bridgehead atoms. The number of H-pyrrole nitrogens is 1. The molecule has 0 aliphatic heterocycles. The zero-order valence-electron chi connectivity index (χ0n) is 20.6. The van der Waals surface area contributed by atoms with Gasteiger partial charge in [0.05, 0.1) is 7.11 Å². The standard InChI is InChI=1S/C28H30N2O6/c1-16-18(12-13-26(31)35-3)17(2)29-24(16)14-25(27(32)33)30-28(34)36-15-23-21-10-6-4-8-19(21)20-9-5-7-11-22(20)23/h4-11,23,25,29H,12-15H2,1-3H3,(H,30,34)(H,32,33). The van der Waals surface area contributed by atoms with Gasteiger partial charge in [0.25, 0.3) is 0 Å². The first-order valence-corrected chi connectivity index (χ1v) is 11.9. The highest BCUT2D eigenvalue weighted by atomic mass is 16.5. The van der Waals surface area contributed by atoms with E-state index in [1.165, 1.54) is 7.11 Å². The van der Waals surface area contributed by atoms with Crippen LogP contribution in [0.2, 0.25) is 0 Å².